The van der Waals surface area contributed by atoms with Crippen molar-refractivity contribution in [2.45, 2.75) is 6.54 Å². The first-order valence-electron chi connectivity index (χ1n) is 4.98. The van der Waals surface area contributed by atoms with E-state index < -0.39 is 0 Å². The largest absolute Gasteiger partial charge is 0.366 e. The molecule has 4 nitrogen and oxygen atoms in total. The third kappa shape index (κ3) is 3.26. The molecule has 0 saturated carbocycles. The molecule has 0 aliphatic carbocycles. The van der Waals surface area contributed by atoms with E-state index in [1.54, 1.807) is 6.07 Å². The first-order chi connectivity index (χ1) is 8.28. The van der Waals surface area contributed by atoms with Crippen molar-refractivity contribution in [3.63, 3.8) is 0 Å². The SMILES string of the molecule is N#Cc1cc(NCc2ccc(Br)cc2)ncn1. The van der Waals surface area contributed by atoms with Crippen molar-refractivity contribution in [2.75, 3.05) is 5.32 Å². The molecule has 0 atom stereocenters. The molecule has 84 valence electrons. The van der Waals surface area contributed by atoms with Crippen LogP contribution in [-0.2, 0) is 6.54 Å². The molecule has 0 fully saturated rings. The van der Waals surface area contributed by atoms with Gasteiger partial charge in [-0.05, 0) is 17.7 Å². The van der Waals surface area contributed by atoms with Gasteiger partial charge in [-0.3, -0.25) is 0 Å². The van der Waals surface area contributed by atoms with Crippen molar-refractivity contribution in [3.05, 3.63) is 52.4 Å². The van der Waals surface area contributed by atoms with E-state index >= 15 is 0 Å². The smallest absolute Gasteiger partial charge is 0.145 e. The van der Waals surface area contributed by atoms with Crippen molar-refractivity contribution >= 4 is 21.7 Å². The summed E-state index contributed by atoms with van der Waals surface area (Å²) in [6.07, 6.45) is 1.38. The summed E-state index contributed by atoms with van der Waals surface area (Å²) in [5.74, 6) is 0.652. The normalized spacial score (nSPS) is 9.65. The number of benzene rings is 1. The van der Waals surface area contributed by atoms with Gasteiger partial charge in [-0.15, -0.1) is 0 Å². The third-order valence-electron chi connectivity index (χ3n) is 2.17. The summed E-state index contributed by atoms with van der Waals surface area (Å²) in [5.41, 5.74) is 1.50. The van der Waals surface area contributed by atoms with Crippen LogP contribution in [-0.4, -0.2) is 9.97 Å². The van der Waals surface area contributed by atoms with Gasteiger partial charge in [0.2, 0.25) is 0 Å². The lowest BCUT2D eigenvalue weighted by Gasteiger charge is -2.05. The predicted molar refractivity (Wildman–Crippen MR) is 68.2 cm³/mol. The maximum absolute atomic E-state index is 8.70. The van der Waals surface area contributed by atoms with Gasteiger partial charge in [0, 0.05) is 17.1 Å². The molecule has 1 aromatic heterocycles. The van der Waals surface area contributed by atoms with Crippen LogP contribution >= 0.6 is 15.9 Å². The van der Waals surface area contributed by atoms with E-state index in [1.807, 2.05) is 30.3 Å². The van der Waals surface area contributed by atoms with Crippen LogP contribution < -0.4 is 5.32 Å². The Labute approximate surface area is 107 Å². The van der Waals surface area contributed by atoms with Gasteiger partial charge >= 0.3 is 0 Å². The van der Waals surface area contributed by atoms with Gasteiger partial charge < -0.3 is 5.32 Å². The topological polar surface area (TPSA) is 61.6 Å². The molecule has 0 unspecified atom stereocenters. The minimum atomic E-state index is 0.360. The van der Waals surface area contributed by atoms with E-state index in [0.29, 0.717) is 18.1 Å². The molecule has 2 aromatic rings. The standard InChI is InChI=1S/C12H9BrN4/c13-10-3-1-9(2-4-10)7-15-12-5-11(6-14)16-8-17-12/h1-5,8H,7H2,(H,15,16,17). The highest BCUT2D eigenvalue weighted by Gasteiger charge is 1.98. The minimum Gasteiger partial charge on any atom is -0.366 e. The summed E-state index contributed by atoms with van der Waals surface area (Å²) in [6, 6.07) is 11.6. The third-order valence-corrected chi connectivity index (χ3v) is 2.70. The molecule has 5 heteroatoms. The Kier molecular flexibility index (Phi) is 3.68. The average molecular weight is 289 g/mol. The molecule has 0 aliphatic heterocycles. The number of nitriles is 1. The average Bonchev–Trinajstić information content (AvgIpc) is 2.38. The lowest BCUT2D eigenvalue weighted by Crippen LogP contribution is -2.02. The molecule has 0 aliphatic rings. The zero-order valence-corrected chi connectivity index (χ0v) is 10.5. The second-order valence-corrected chi connectivity index (χ2v) is 4.30. The number of nitrogens with one attached hydrogen (secondary N) is 1. The molecule has 0 radical (unpaired) electrons. The quantitative estimate of drug-likeness (QED) is 0.943. The van der Waals surface area contributed by atoms with E-state index in [2.05, 4.69) is 31.2 Å². The Morgan fingerprint density at radius 1 is 1.24 bits per heavy atom. The maximum Gasteiger partial charge on any atom is 0.145 e. The van der Waals surface area contributed by atoms with Gasteiger partial charge in [-0.2, -0.15) is 5.26 Å². The Balaban J connectivity index is 2.02. The summed E-state index contributed by atoms with van der Waals surface area (Å²) in [6.45, 7) is 0.662. The highest BCUT2D eigenvalue weighted by Crippen LogP contribution is 2.12. The summed E-state index contributed by atoms with van der Waals surface area (Å²) < 4.78 is 1.05. The van der Waals surface area contributed by atoms with E-state index in [4.69, 9.17) is 5.26 Å². The van der Waals surface area contributed by atoms with Gasteiger partial charge in [0.05, 0.1) is 0 Å². The summed E-state index contributed by atoms with van der Waals surface area (Å²) in [5, 5.41) is 11.8. The van der Waals surface area contributed by atoms with Gasteiger partial charge in [-0.25, -0.2) is 9.97 Å². The van der Waals surface area contributed by atoms with E-state index in [1.165, 1.54) is 6.33 Å². The zero-order chi connectivity index (χ0) is 12.1. The second-order valence-electron chi connectivity index (χ2n) is 3.38. The number of hydrogen-bond acceptors (Lipinski definition) is 4. The highest BCUT2D eigenvalue weighted by atomic mass is 79.9. The molecule has 1 heterocycles. The van der Waals surface area contributed by atoms with Gasteiger partial charge in [0.15, 0.2) is 0 Å². The van der Waals surface area contributed by atoms with E-state index in [0.717, 1.165) is 10.0 Å². The number of rotatable bonds is 3. The molecular formula is C12H9BrN4. The minimum absolute atomic E-state index is 0.360. The fourth-order valence-corrected chi connectivity index (χ4v) is 1.57. The molecule has 1 aromatic carbocycles. The van der Waals surface area contributed by atoms with Crippen LogP contribution in [0.25, 0.3) is 0 Å². The second kappa shape index (κ2) is 5.41. The molecule has 0 bridgehead atoms. The number of hydrogen-bond donors (Lipinski definition) is 1. The predicted octanol–water partition coefficient (Wildman–Crippen LogP) is 2.72. The summed E-state index contributed by atoms with van der Waals surface area (Å²) in [7, 11) is 0. The lowest BCUT2D eigenvalue weighted by molar-refractivity contribution is 1.07. The maximum atomic E-state index is 8.70. The Morgan fingerprint density at radius 3 is 2.71 bits per heavy atom. The fourth-order valence-electron chi connectivity index (χ4n) is 1.31. The Morgan fingerprint density at radius 2 is 2.00 bits per heavy atom. The van der Waals surface area contributed by atoms with Crippen LogP contribution in [0.4, 0.5) is 5.82 Å². The first kappa shape index (κ1) is 11.6. The van der Waals surface area contributed by atoms with E-state index in [9.17, 15) is 0 Å². The molecular weight excluding hydrogens is 280 g/mol. The number of halogens is 1. The lowest BCUT2D eigenvalue weighted by atomic mass is 10.2. The van der Waals surface area contributed by atoms with Gasteiger partial charge in [0.1, 0.15) is 23.9 Å². The van der Waals surface area contributed by atoms with Crippen molar-refractivity contribution in [1.82, 2.24) is 9.97 Å². The van der Waals surface area contributed by atoms with Crippen LogP contribution in [0.2, 0.25) is 0 Å². The zero-order valence-electron chi connectivity index (χ0n) is 8.89. The van der Waals surface area contributed by atoms with Crippen molar-refractivity contribution in [2.24, 2.45) is 0 Å². The summed E-state index contributed by atoms with van der Waals surface area (Å²) in [4.78, 5) is 7.84. The van der Waals surface area contributed by atoms with Crippen LogP contribution in [0.3, 0.4) is 0 Å². The Hall–Kier alpha value is -1.93. The van der Waals surface area contributed by atoms with Crippen molar-refractivity contribution in [1.29, 1.82) is 5.26 Å². The van der Waals surface area contributed by atoms with Crippen molar-refractivity contribution < 1.29 is 0 Å². The molecule has 0 spiro atoms. The van der Waals surface area contributed by atoms with Crippen molar-refractivity contribution in [3.8, 4) is 6.07 Å². The Bertz CT molecular complexity index is 545. The number of nitrogens with zero attached hydrogens (tertiary/aromatic N) is 3. The molecule has 0 amide bonds. The van der Waals surface area contributed by atoms with Gasteiger partial charge in [0.25, 0.3) is 0 Å². The van der Waals surface area contributed by atoms with Crippen LogP contribution in [0.5, 0.6) is 0 Å². The fraction of sp³-hybridized carbons (Fsp3) is 0.0833. The van der Waals surface area contributed by atoms with Crippen LogP contribution in [0.15, 0.2) is 41.1 Å². The van der Waals surface area contributed by atoms with E-state index in [-0.39, 0.29) is 0 Å². The molecule has 0 saturated heterocycles. The first-order valence-corrected chi connectivity index (χ1v) is 5.78. The number of aromatic nitrogens is 2. The molecule has 1 N–H and O–H groups in total. The monoisotopic (exact) mass is 288 g/mol. The number of anilines is 1. The molecule has 17 heavy (non-hydrogen) atoms. The highest BCUT2D eigenvalue weighted by molar-refractivity contribution is 9.10. The van der Waals surface area contributed by atoms with Gasteiger partial charge in [-0.1, -0.05) is 28.1 Å². The van der Waals surface area contributed by atoms with Crippen LogP contribution in [0, 0.1) is 11.3 Å². The summed E-state index contributed by atoms with van der Waals surface area (Å²) >= 11 is 3.38. The van der Waals surface area contributed by atoms with Crippen LogP contribution in [0.1, 0.15) is 11.3 Å². The molecule has 2 rings (SSSR count).